The Labute approximate surface area is 180 Å². The molecule has 0 bridgehead atoms. The largest absolute Gasteiger partial charge is 0.338 e. The van der Waals surface area contributed by atoms with Crippen molar-refractivity contribution in [2.75, 3.05) is 13.6 Å². The van der Waals surface area contributed by atoms with Crippen LogP contribution in [0.5, 0.6) is 0 Å². The second kappa shape index (κ2) is 8.72. The average Bonchev–Trinajstić information content (AvgIpc) is 3.21. The van der Waals surface area contributed by atoms with Crippen molar-refractivity contribution in [3.05, 3.63) is 78.1 Å². The first kappa shape index (κ1) is 21.4. The molecule has 3 N–H and O–H groups in total. The molecule has 2 unspecified atom stereocenters. The first-order chi connectivity index (χ1) is 14.8. The first-order valence-corrected chi connectivity index (χ1v) is 11.3. The summed E-state index contributed by atoms with van der Waals surface area (Å²) in [6.07, 6.45) is 0.0913. The van der Waals surface area contributed by atoms with Gasteiger partial charge in [-0.25, -0.2) is 23.7 Å². The number of halogens is 1. The van der Waals surface area contributed by atoms with Gasteiger partial charge in [-0.1, -0.05) is 42.5 Å². The van der Waals surface area contributed by atoms with E-state index in [1.165, 1.54) is 25.2 Å². The molecule has 2 atom stereocenters. The zero-order chi connectivity index (χ0) is 22.0. The lowest BCUT2D eigenvalue weighted by atomic mass is 10.0. The molecule has 1 saturated heterocycles. The molecular formula is C22H23FN4O3S. The Morgan fingerprint density at radius 1 is 1.06 bits per heavy atom. The van der Waals surface area contributed by atoms with Gasteiger partial charge in [0.15, 0.2) is 0 Å². The maximum Gasteiger partial charge on any atom is 0.243 e. The van der Waals surface area contributed by atoms with Gasteiger partial charge in [0.2, 0.25) is 15.9 Å². The van der Waals surface area contributed by atoms with Crippen LogP contribution < -0.4 is 16.2 Å². The SMILES string of the molecule is CN(CC(=O)NC1CC(c2cccc(F)c2)NN1)S(=O)(=O)c1ccc2ccccc2c1. The number of nitrogens with one attached hydrogen (secondary N) is 3. The molecule has 3 aromatic carbocycles. The molecule has 0 aliphatic carbocycles. The van der Waals surface area contributed by atoms with Gasteiger partial charge >= 0.3 is 0 Å². The first-order valence-electron chi connectivity index (χ1n) is 9.84. The maximum absolute atomic E-state index is 13.4. The maximum atomic E-state index is 13.4. The molecule has 0 saturated carbocycles. The predicted molar refractivity (Wildman–Crippen MR) is 116 cm³/mol. The van der Waals surface area contributed by atoms with Crippen LogP contribution >= 0.6 is 0 Å². The fourth-order valence-corrected chi connectivity index (χ4v) is 4.79. The lowest BCUT2D eigenvalue weighted by Gasteiger charge is -2.19. The third-order valence-corrected chi connectivity index (χ3v) is 7.08. The van der Waals surface area contributed by atoms with E-state index in [-0.39, 0.29) is 23.3 Å². The van der Waals surface area contributed by atoms with Crippen LogP contribution in [0.2, 0.25) is 0 Å². The minimum Gasteiger partial charge on any atom is -0.338 e. The normalized spacial score (nSPS) is 19.1. The molecule has 9 heteroatoms. The van der Waals surface area contributed by atoms with E-state index in [1.807, 2.05) is 24.3 Å². The van der Waals surface area contributed by atoms with Crippen LogP contribution in [0.15, 0.2) is 71.6 Å². The highest BCUT2D eigenvalue weighted by molar-refractivity contribution is 7.89. The molecule has 1 aliphatic rings. The summed E-state index contributed by atoms with van der Waals surface area (Å²) in [6, 6.07) is 18.4. The van der Waals surface area contributed by atoms with Crippen LogP contribution in [0.3, 0.4) is 0 Å². The van der Waals surface area contributed by atoms with E-state index in [0.29, 0.717) is 6.42 Å². The van der Waals surface area contributed by atoms with Crippen LogP contribution in [-0.2, 0) is 14.8 Å². The van der Waals surface area contributed by atoms with E-state index in [9.17, 15) is 17.6 Å². The zero-order valence-corrected chi connectivity index (χ0v) is 17.7. The fraction of sp³-hybridized carbons (Fsp3) is 0.227. The number of likely N-dealkylation sites (N-methyl/N-ethyl adjacent to an activating group) is 1. The number of hydrogen-bond acceptors (Lipinski definition) is 5. The van der Waals surface area contributed by atoms with Crippen molar-refractivity contribution in [3.63, 3.8) is 0 Å². The highest BCUT2D eigenvalue weighted by Gasteiger charge is 2.28. The fourth-order valence-electron chi connectivity index (χ4n) is 3.63. The minimum absolute atomic E-state index is 0.133. The van der Waals surface area contributed by atoms with Gasteiger partial charge in [0.05, 0.1) is 17.6 Å². The van der Waals surface area contributed by atoms with Gasteiger partial charge in [-0.2, -0.15) is 4.31 Å². The van der Waals surface area contributed by atoms with Gasteiger partial charge in [0.1, 0.15) is 5.82 Å². The molecule has 1 aliphatic heterocycles. The molecule has 0 aromatic heterocycles. The molecule has 1 heterocycles. The van der Waals surface area contributed by atoms with Crippen LogP contribution in [0.1, 0.15) is 18.0 Å². The van der Waals surface area contributed by atoms with Crippen molar-refractivity contribution >= 4 is 26.7 Å². The number of carbonyl (C=O) groups excluding carboxylic acids is 1. The smallest absolute Gasteiger partial charge is 0.243 e. The Kier molecular flexibility index (Phi) is 6.01. The lowest BCUT2D eigenvalue weighted by molar-refractivity contribution is -0.121. The number of benzene rings is 3. The quantitative estimate of drug-likeness (QED) is 0.545. The highest BCUT2D eigenvalue weighted by Crippen LogP contribution is 2.23. The second-order valence-electron chi connectivity index (χ2n) is 7.52. The third kappa shape index (κ3) is 4.75. The van der Waals surface area contributed by atoms with Crippen LogP contribution in [-0.4, -0.2) is 38.4 Å². The summed E-state index contributed by atoms with van der Waals surface area (Å²) >= 11 is 0. The average molecular weight is 443 g/mol. The van der Waals surface area contributed by atoms with Crippen molar-refractivity contribution in [3.8, 4) is 0 Å². The van der Waals surface area contributed by atoms with Gasteiger partial charge in [-0.15, -0.1) is 0 Å². The van der Waals surface area contributed by atoms with Gasteiger partial charge < -0.3 is 5.32 Å². The van der Waals surface area contributed by atoms with Crippen molar-refractivity contribution in [1.29, 1.82) is 0 Å². The van der Waals surface area contributed by atoms with Crippen molar-refractivity contribution in [1.82, 2.24) is 20.5 Å². The summed E-state index contributed by atoms with van der Waals surface area (Å²) in [7, 11) is -2.45. The highest BCUT2D eigenvalue weighted by atomic mass is 32.2. The number of sulfonamides is 1. The van der Waals surface area contributed by atoms with Gasteiger partial charge in [-0.05, 0) is 40.6 Å². The van der Waals surface area contributed by atoms with E-state index >= 15 is 0 Å². The number of hydrazine groups is 1. The molecule has 0 radical (unpaired) electrons. The second-order valence-corrected chi connectivity index (χ2v) is 9.57. The molecule has 4 rings (SSSR count). The summed E-state index contributed by atoms with van der Waals surface area (Å²) in [5.41, 5.74) is 6.73. The predicted octanol–water partition coefficient (Wildman–Crippen LogP) is 2.28. The molecule has 7 nitrogen and oxygen atoms in total. The van der Waals surface area contributed by atoms with E-state index in [1.54, 1.807) is 24.3 Å². The summed E-state index contributed by atoms with van der Waals surface area (Å²) in [5.74, 6) is -0.765. The number of rotatable bonds is 6. The van der Waals surface area contributed by atoms with Gasteiger partial charge in [0, 0.05) is 19.5 Å². The summed E-state index contributed by atoms with van der Waals surface area (Å²) in [4.78, 5) is 12.6. The van der Waals surface area contributed by atoms with Crippen molar-refractivity contribution < 1.29 is 17.6 Å². The zero-order valence-electron chi connectivity index (χ0n) is 16.9. The molecule has 1 fully saturated rings. The number of amides is 1. The number of nitrogens with zero attached hydrogens (tertiary/aromatic N) is 1. The topological polar surface area (TPSA) is 90.5 Å². The number of carbonyl (C=O) groups is 1. The third-order valence-electron chi connectivity index (χ3n) is 5.28. The monoisotopic (exact) mass is 442 g/mol. The van der Waals surface area contributed by atoms with Crippen LogP contribution in [0, 0.1) is 5.82 Å². The molecule has 31 heavy (non-hydrogen) atoms. The number of hydrogen-bond donors (Lipinski definition) is 3. The molecular weight excluding hydrogens is 419 g/mol. The van der Waals surface area contributed by atoms with E-state index in [0.717, 1.165) is 20.6 Å². The Hall–Kier alpha value is -2.85. The Morgan fingerprint density at radius 2 is 1.84 bits per heavy atom. The van der Waals surface area contributed by atoms with Crippen molar-refractivity contribution in [2.24, 2.45) is 0 Å². The Bertz CT molecular complexity index is 1220. The molecule has 0 spiro atoms. The Balaban J connectivity index is 1.37. The van der Waals surface area contributed by atoms with Crippen LogP contribution in [0.4, 0.5) is 4.39 Å². The molecule has 162 valence electrons. The van der Waals surface area contributed by atoms with E-state index < -0.39 is 22.1 Å². The molecule has 1 amide bonds. The van der Waals surface area contributed by atoms with Gasteiger partial charge in [0.25, 0.3) is 0 Å². The molecule has 3 aromatic rings. The van der Waals surface area contributed by atoms with E-state index in [4.69, 9.17) is 0 Å². The summed E-state index contributed by atoms with van der Waals surface area (Å²) in [6.45, 7) is -0.321. The summed E-state index contributed by atoms with van der Waals surface area (Å²) in [5, 5.41) is 4.52. The van der Waals surface area contributed by atoms with Gasteiger partial charge in [-0.3, -0.25) is 4.79 Å². The Morgan fingerprint density at radius 3 is 2.61 bits per heavy atom. The minimum atomic E-state index is -3.82. The lowest BCUT2D eigenvalue weighted by Crippen LogP contribution is -2.48. The standard InChI is InChI=1S/C22H23FN4O3S/c1-27(31(29,30)19-10-9-15-5-2-3-6-16(15)12-19)14-22(28)24-21-13-20(25-26-21)17-7-4-8-18(23)11-17/h2-12,20-21,25-26H,13-14H2,1H3,(H,24,28). The van der Waals surface area contributed by atoms with E-state index in [2.05, 4.69) is 16.2 Å². The number of fused-ring (bicyclic) bond motifs is 1. The summed E-state index contributed by atoms with van der Waals surface area (Å²) < 4.78 is 40.3. The van der Waals surface area contributed by atoms with Crippen molar-refractivity contribution in [2.45, 2.75) is 23.5 Å². The van der Waals surface area contributed by atoms with Crippen LogP contribution in [0.25, 0.3) is 10.8 Å².